The zero-order valence-corrected chi connectivity index (χ0v) is 14.0. The number of hydrogen-bond acceptors (Lipinski definition) is 7. The number of carbonyl (C=O) groups excluding carboxylic acids is 1. The van der Waals surface area contributed by atoms with E-state index < -0.39 is 26.7 Å². The lowest BCUT2D eigenvalue weighted by Gasteiger charge is -2.30. The van der Waals surface area contributed by atoms with Crippen molar-refractivity contribution in [1.29, 1.82) is 0 Å². The van der Waals surface area contributed by atoms with Gasteiger partial charge in [0.15, 0.2) is 5.78 Å². The standard InChI is InChI=1S/C14H20N4O5S/c1-9(19)14(10-4-6-16-7-5-10)17-12-3-2-11(24(15,22)23)8-13(12)18(20)21/h2-3,8,10,14,16-17H,4-7H2,1H3,(H2,15,22,23). The highest BCUT2D eigenvalue weighted by molar-refractivity contribution is 7.89. The molecule has 0 aromatic heterocycles. The number of nitrogens with one attached hydrogen (secondary N) is 2. The van der Waals surface area contributed by atoms with Crippen LogP contribution in [0.5, 0.6) is 0 Å². The maximum atomic E-state index is 12.0. The van der Waals surface area contributed by atoms with Gasteiger partial charge in [-0.15, -0.1) is 0 Å². The number of anilines is 1. The van der Waals surface area contributed by atoms with Crippen molar-refractivity contribution in [3.8, 4) is 0 Å². The third kappa shape index (κ3) is 4.28. The molecule has 1 aliphatic rings. The molecule has 0 spiro atoms. The Morgan fingerprint density at radius 1 is 1.42 bits per heavy atom. The van der Waals surface area contributed by atoms with Gasteiger partial charge in [-0.3, -0.25) is 14.9 Å². The zero-order chi connectivity index (χ0) is 17.9. The van der Waals surface area contributed by atoms with Crippen LogP contribution in [0.2, 0.25) is 0 Å². The molecular formula is C14H20N4O5S. The van der Waals surface area contributed by atoms with Crippen molar-refractivity contribution in [2.75, 3.05) is 18.4 Å². The fourth-order valence-electron chi connectivity index (χ4n) is 2.86. The van der Waals surface area contributed by atoms with Gasteiger partial charge in [0.1, 0.15) is 5.69 Å². The molecule has 132 valence electrons. The molecule has 0 amide bonds. The number of primary sulfonamides is 1. The quantitative estimate of drug-likeness (QED) is 0.500. The zero-order valence-electron chi connectivity index (χ0n) is 13.2. The summed E-state index contributed by atoms with van der Waals surface area (Å²) in [7, 11) is -4.05. The fraction of sp³-hybridized carbons (Fsp3) is 0.500. The number of sulfonamides is 1. The number of carbonyl (C=O) groups is 1. The van der Waals surface area contributed by atoms with Gasteiger partial charge < -0.3 is 10.6 Å². The van der Waals surface area contributed by atoms with Gasteiger partial charge in [-0.05, 0) is 50.9 Å². The van der Waals surface area contributed by atoms with Crippen LogP contribution in [0.1, 0.15) is 19.8 Å². The van der Waals surface area contributed by atoms with E-state index in [2.05, 4.69) is 10.6 Å². The summed E-state index contributed by atoms with van der Waals surface area (Å²) in [6.45, 7) is 3.00. The predicted octanol–water partition coefficient (Wildman–Crippen LogP) is 0.611. The Hall–Kier alpha value is -2.04. The highest BCUT2D eigenvalue weighted by atomic mass is 32.2. The second-order valence-electron chi connectivity index (χ2n) is 5.80. The van der Waals surface area contributed by atoms with Crippen molar-refractivity contribution in [2.45, 2.75) is 30.7 Å². The van der Waals surface area contributed by atoms with Crippen molar-refractivity contribution >= 4 is 27.2 Å². The summed E-state index contributed by atoms with van der Waals surface area (Å²) in [4.78, 5) is 22.2. The average molecular weight is 356 g/mol. The molecule has 4 N–H and O–H groups in total. The van der Waals surface area contributed by atoms with Crippen LogP contribution >= 0.6 is 0 Å². The van der Waals surface area contributed by atoms with Crippen molar-refractivity contribution in [1.82, 2.24) is 5.32 Å². The van der Waals surface area contributed by atoms with Crippen LogP contribution in [0.15, 0.2) is 23.1 Å². The maximum Gasteiger partial charge on any atom is 0.293 e. The SMILES string of the molecule is CC(=O)C(Nc1ccc(S(N)(=O)=O)cc1[N+](=O)[O-])C1CCNCC1. The molecule has 9 nitrogen and oxygen atoms in total. The van der Waals surface area contributed by atoms with Crippen LogP contribution in [0, 0.1) is 16.0 Å². The van der Waals surface area contributed by atoms with Crippen LogP contribution < -0.4 is 15.8 Å². The van der Waals surface area contributed by atoms with E-state index in [0.29, 0.717) is 0 Å². The van der Waals surface area contributed by atoms with Gasteiger partial charge in [0.2, 0.25) is 10.0 Å². The molecule has 1 heterocycles. The lowest BCUT2D eigenvalue weighted by molar-refractivity contribution is -0.384. The molecular weight excluding hydrogens is 336 g/mol. The minimum absolute atomic E-state index is 0.0567. The number of hydrogen-bond donors (Lipinski definition) is 3. The number of rotatable bonds is 6. The van der Waals surface area contributed by atoms with Crippen LogP contribution in [0.4, 0.5) is 11.4 Å². The Labute approximate surface area is 139 Å². The van der Waals surface area contributed by atoms with E-state index in [-0.39, 0.29) is 22.3 Å². The number of nitro benzene ring substituents is 1. The van der Waals surface area contributed by atoms with E-state index in [4.69, 9.17) is 5.14 Å². The average Bonchev–Trinajstić information content (AvgIpc) is 2.52. The molecule has 1 aromatic rings. The second-order valence-corrected chi connectivity index (χ2v) is 7.36. The summed E-state index contributed by atoms with van der Waals surface area (Å²) in [5.41, 5.74) is -0.326. The summed E-state index contributed by atoms with van der Waals surface area (Å²) < 4.78 is 22.7. The predicted molar refractivity (Wildman–Crippen MR) is 88.2 cm³/mol. The molecule has 24 heavy (non-hydrogen) atoms. The molecule has 10 heteroatoms. The second kappa shape index (κ2) is 7.24. The number of piperidine rings is 1. The van der Waals surface area contributed by atoms with E-state index in [1.54, 1.807) is 0 Å². The van der Waals surface area contributed by atoms with Gasteiger partial charge >= 0.3 is 0 Å². The molecule has 0 saturated carbocycles. The van der Waals surface area contributed by atoms with Crippen LogP contribution in [0.3, 0.4) is 0 Å². The van der Waals surface area contributed by atoms with Crippen molar-refractivity contribution in [3.63, 3.8) is 0 Å². The van der Waals surface area contributed by atoms with E-state index in [1.807, 2.05) is 0 Å². The molecule has 1 aliphatic heterocycles. The van der Waals surface area contributed by atoms with Crippen molar-refractivity contribution in [3.05, 3.63) is 28.3 Å². The summed E-state index contributed by atoms with van der Waals surface area (Å²) in [5.74, 6) is -0.0620. The monoisotopic (exact) mass is 356 g/mol. The van der Waals surface area contributed by atoms with E-state index in [9.17, 15) is 23.3 Å². The van der Waals surface area contributed by atoms with Crippen LogP contribution in [-0.4, -0.2) is 38.3 Å². The minimum Gasteiger partial charge on any atom is -0.369 e. The van der Waals surface area contributed by atoms with Gasteiger partial charge in [-0.1, -0.05) is 0 Å². The molecule has 0 aliphatic carbocycles. The first-order valence-electron chi connectivity index (χ1n) is 7.49. The topological polar surface area (TPSA) is 144 Å². The van der Waals surface area contributed by atoms with Crippen LogP contribution in [0.25, 0.3) is 0 Å². The maximum absolute atomic E-state index is 12.0. The van der Waals surface area contributed by atoms with Gasteiger partial charge in [0.25, 0.3) is 5.69 Å². The number of Topliss-reactive ketones (excluding diaryl/α,β-unsaturated/α-hetero) is 1. The van der Waals surface area contributed by atoms with Gasteiger partial charge in [0.05, 0.1) is 15.9 Å². The lowest BCUT2D eigenvalue weighted by atomic mass is 9.88. The third-order valence-corrected chi connectivity index (χ3v) is 5.01. The highest BCUT2D eigenvalue weighted by Crippen LogP contribution is 2.30. The van der Waals surface area contributed by atoms with Crippen molar-refractivity contribution < 1.29 is 18.1 Å². The summed E-state index contributed by atoms with van der Waals surface area (Å²) in [6, 6.07) is 2.79. The third-order valence-electron chi connectivity index (χ3n) is 4.10. The number of benzene rings is 1. The number of ketones is 1. The fourth-order valence-corrected chi connectivity index (χ4v) is 3.39. The number of nitrogens with two attached hydrogens (primary N) is 1. The first-order valence-corrected chi connectivity index (χ1v) is 9.03. The van der Waals surface area contributed by atoms with Crippen LogP contribution in [-0.2, 0) is 14.8 Å². The molecule has 1 aromatic carbocycles. The van der Waals surface area contributed by atoms with Crippen molar-refractivity contribution in [2.24, 2.45) is 11.1 Å². The Morgan fingerprint density at radius 3 is 2.54 bits per heavy atom. The van der Waals surface area contributed by atoms with E-state index in [1.165, 1.54) is 19.1 Å². The summed E-state index contributed by atoms with van der Waals surface area (Å²) in [5, 5.41) is 22.4. The minimum atomic E-state index is -4.05. The van der Waals surface area contributed by atoms with E-state index in [0.717, 1.165) is 32.0 Å². The number of nitrogens with zero attached hydrogens (tertiary/aromatic N) is 1. The molecule has 1 saturated heterocycles. The number of nitro groups is 1. The van der Waals surface area contributed by atoms with Gasteiger partial charge in [0, 0.05) is 6.07 Å². The Kier molecular flexibility index (Phi) is 5.52. The molecule has 0 radical (unpaired) electrons. The smallest absolute Gasteiger partial charge is 0.293 e. The molecule has 1 fully saturated rings. The molecule has 1 unspecified atom stereocenters. The van der Waals surface area contributed by atoms with Gasteiger partial charge in [-0.2, -0.15) is 0 Å². The van der Waals surface area contributed by atoms with Gasteiger partial charge in [-0.25, -0.2) is 13.6 Å². The molecule has 1 atom stereocenters. The molecule has 0 bridgehead atoms. The Balaban J connectivity index is 2.35. The molecule has 2 rings (SSSR count). The highest BCUT2D eigenvalue weighted by Gasteiger charge is 2.29. The lowest BCUT2D eigenvalue weighted by Crippen LogP contribution is -2.41. The largest absolute Gasteiger partial charge is 0.369 e. The van der Waals surface area contributed by atoms with E-state index >= 15 is 0 Å². The first-order chi connectivity index (χ1) is 11.2. The Morgan fingerprint density at radius 2 is 2.04 bits per heavy atom. The Bertz CT molecular complexity index is 744. The first kappa shape index (κ1) is 18.3. The normalized spacial score (nSPS) is 17.2. The summed E-state index contributed by atoms with van der Waals surface area (Å²) >= 11 is 0. The summed E-state index contributed by atoms with van der Waals surface area (Å²) in [6.07, 6.45) is 1.56.